The lowest BCUT2D eigenvalue weighted by atomic mass is 9.98. The highest BCUT2D eigenvalue weighted by atomic mass is 16.2. The average molecular weight is 194 g/mol. The topological polar surface area (TPSA) is 87.2 Å². The molecule has 0 aromatic rings. The van der Waals surface area contributed by atoms with Gasteiger partial charge in [-0.05, 0) is 12.8 Å². The second-order valence-electron chi connectivity index (χ2n) is 3.28. The van der Waals surface area contributed by atoms with Gasteiger partial charge in [-0.3, -0.25) is 9.59 Å². The molecule has 1 aliphatic heterocycles. The molecule has 2 amide bonds. The third-order valence-electron chi connectivity index (χ3n) is 2.25. The van der Waals surface area contributed by atoms with Crippen LogP contribution in [-0.4, -0.2) is 29.8 Å². The van der Waals surface area contributed by atoms with Crippen LogP contribution in [0.25, 0.3) is 0 Å². The number of nitrogens with zero attached hydrogens (tertiary/aromatic N) is 2. The molecule has 1 rings (SSSR count). The van der Waals surface area contributed by atoms with Gasteiger partial charge in [-0.1, -0.05) is 0 Å². The van der Waals surface area contributed by atoms with Crippen LogP contribution >= 0.6 is 0 Å². The fraction of sp³-hybridized carbons (Fsp3) is 0.556. The van der Waals surface area contributed by atoms with E-state index < -0.39 is 5.91 Å². The van der Waals surface area contributed by atoms with Gasteiger partial charge in [0.05, 0.1) is 6.07 Å². The van der Waals surface area contributed by atoms with Crippen LogP contribution in [0.4, 0.5) is 0 Å². The summed E-state index contributed by atoms with van der Waals surface area (Å²) < 4.78 is 0. The van der Waals surface area contributed by atoms with Gasteiger partial charge < -0.3 is 10.6 Å². The molecule has 1 aliphatic rings. The molecule has 1 heterocycles. The van der Waals surface area contributed by atoms with Gasteiger partial charge in [0.15, 0.2) is 0 Å². The summed E-state index contributed by atoms with van der Waals surface area (Å²) in [6, 6.07) is 2.16. The third kappa shape index (κ3) is 2.73. The maximum Gasteiger partial charge on any atom is 0.236 e. The molecular formula is C9H12N3O2. The molecular weight excluding hydrogens is 182 g/mol. The Bertz CT molecular complexity index is 274. The number of piperidine rings is 1. The van der Waals surface area contributed by atoms with E-state index in [0.717, 1.165) is 6.42 Å². The number of carbonyl (C=O) groups excluding carboxylic acids is 2. The Labute approximate surface area is 82.5 Å². The zero-order valence-corrected chi connectivity index (χ0v) is 7.77. The SMILES string of the molecule is N#CC1CCN(C(=O)[CH]C(N)=O)CC1. The average Bonchev–Trinajstić information content (AvgIpc) is 2.17. The van der Waals surface area contributed by atoms with Crippen molar-refractivity contribution in [2.45, 2.75) is 12.8 Å². The van der Waals surface area contributed by atoms with E-state index in [1.165, 1.54) is 0 Å². The first-order valence-corrected chi connectivity index (χ1v) is 4.46. The van der Waals surface area contributed by atoms with Gasteiger partial charge in [-0.25, -0.2) is 0 Å². The molecule has 1 saturated heterocycles. The van der Waals surface area contributed by atoms with Crippen molar-refractivity contribution in [1.82, 2.24) is 4.90 Å². The minimum absolute atomic E-state index is 0.0348. The Morgan fingerprint density at radius 1 is 1.43 bits per heavy atom. The molecule has 75 valence electrons. The zero-order valence-electron chi connectivity index (χ0n) is 7.77. The monoisotopic (exact) mass is 194 g/mol. The summed E-state index contributed by atoms with van der Waals surface area (Å²) in [6.07, 6.45) is 2.23. The lowest BCUT2D eigenvalue weighted by molar-refractivity contribution is -0.131. The number of hydrogen-bond donors (Lipinski definition) is 1. The Hall–Kier alpha value is -1.57. The molecule has 1 radical (unpaired) electrons. The third-order valence-corrected chi connectivity index (χ3v) is 2.25. The smallest absolute Gasteiger partial charge is 0.236 e. The van der Waals surface area contributed by atoms with Crippen molar-refractivity contribution in [3.05, 3.63) is 6.42 Å². The second-order valence-corrected chi connectivity index (χ2v) is 3.28. The summed E-state index contributed by atoms with van der Waals surface area (Å²) in [5.74, 6) is -1.04. The van der Waals surface area contributed by atoms with Crippen molar-refractivity contribution >= 4 is 11.8 Å². The minimum Gasteiger partial charge on any atom is -0.369 e. The first kappa shape index (κ1) is 10.5. The van der Waals surface area contributed by atoms with Gasteiger partial charge in [0, 0.05) is 19.0 Å². The van der Waals surface area contributed by atoms with Gasteiger partial charge in [-0.15, -0.1) is 0 Å². The van der Waals surface area contributed by atoms with Gasteiger partial charge in [-0.2, -0.15) is 5.26 Å². The predicted octanol–water partition coefficient (Wildman–Crippen LogP) is -0.562. The highest BCUT2D eigenvalue weighted by Crippen LogP contribution is 2.16. The molecule has 0 aromatic heterocycles. The van der Waals surface area contributed by atoms with Crippen LogP contribution < -0.4 is 5.73 Å². The maximum atomic E-state index is 11.3. The molecule has 0 saturated carbocycles. The Kier molecular flexibility index (Phi) is 3.46. The van der Waals surface area contributed by atoms with Crippen molar-refractivity contribution in [2.75, 3.05) is 13.1 Å². The van der Waals surface area contributed by atoms with E-state index in [4.69, 9.17) is 11.0 Å². The molecule has 0 bridgehead atoms. The number of primary amides is 1. The molecule has 0 spiro atoms. The lowest BCUT2D eigenvalue weighted by Gasteiger charge is -2.28. The number of hydrogen-bond acceptors (Lipinski definition) is 3. The number of amides is 2. The van der Waals surface area contributed by atoms with Crippen LogP contribution in [0.1, 0.15) is 12.8 Å². The van der Waals surface area contributed by atoms with E-state index in [-0.39, 0.29) is 11.8 Å². The second kappa shape index (κ2) is 4.61. The molecule has 2 N–H and O–H groups in total. The summed E-state index contributed by atoms with van der Waals surface area (Å²) in [6.45, 7) is 1.06. The van der Waals surface area contributed by atoms with E-state index in [1.54, 1.807) is 4.90 Å². The van der Waals surface area contributed by atoms with Gasteiger partial charge in [0.25, 0.3) is 0 Å². The zero-order chi connectivity index (χ0) is 10.6. The van der Waals surface area contributed by atoms with E-state index in [1.807, 2.05) is 0 Å². The molecule has 14 heavy (non-hydrogen) atoms. The molecule has 0 atom stereocenters. The van der Waals surface area contributed by atoms with Gasteiger partial charge in [0.2, 0.25) is 11.8 Å². The van der Waals surface area contributed by atoms with E-state index >= 15 is 0 Å². The molecule has 0 aliphatic carbocycles. The summed E-state index contributed by atoms with van der Waals surface area (Å²) >= 11 is 0. The molecule has 5 nitrogen and oxygen atoms in total. The first-order chi connectivity index (χ1) is 6.63. The van der Waals surface area contributed by atoms with Crippen molar-refractivity contribution in [2.24, 2.45) is 11.7 Å². The van der Waals surface area contributed by atoms with Crippen LogP contribution in [0.5, 0.6) is 0 Å². The standard InChI is InChI=1S/C9H12N3O2/c10-6-7-1-3-12(4-2-7)9(14)5-8(11)13/h5,7H,1-4H2,(H2,11,13). The van der Waals surface area contributed by atoms with Gasteiger partial charge in [0.1, 0.15) is 6.42 Å². The van der Waals surface area contributed by atoms with Crippen LogP contribution in [0.3, 0.4) is 0 Å². The fourth-order valence-corrected chi connectivity index (χ4v) is 1.44. The highest BCUT2D eigenvalue weighted by molar-refractivity contribution is 6.07. The van der Waals surface area contributed by atoms with E-state index in [0.29, 0.717) is 25.9 Å². The summed E-state index contributed by atoms with van der Waals surface area (Å²) in [5.41, 5.74) is 4.86. The van der Waals surface area contributed by atoms with Crippen LogP contribution in [0.15, 0.2) is 0 Å². The first-order valence-electron chi connectivity index (χ1n) is 4.46. The lowest BCUT2D eigenvalue weighted by Crippen LogP contribution is -2.40. The minimum atomic E-state index is -0.725. The summed E-state index contributed by atoms with van der Waals surface area (Å²) in [5, 5.41) is 8.63. The summed E-state index contributed by atoms with van der Waals surface area (Å²) in [7, 11) is 0. The number of nitriles is 1. The van der Waals surface area contributed by atoms with Crippen molar-refractivity contribution in [3.63, 3.8) is 0 Å². The van der Waals surface area contributed by atoms with Crippen LogP contribution in [0.2, 0.25) is 0 Å². The van der Waals surface area contributed by atoms with Crippen molar-refractivity contribution in [1.29, 1.82) is 5.26 Å². The maximum absolute atomic E-state index is 11.3. The Morgan fingerprint density at radius 2 is 2.00 bits per heavy atom. The highest BCUT2D eigenvalue weighted by Gasteiger charge is 2.23. The van der Waals surface area contributed by atoms with E-state index in [9.17, 15) is 9.59 Å². The Balaban J connectivity index is 2.38. The molecule has 0 unspecified atom stereocenters. The van der Waals surface area contributed by atoms with Crippen LogP contribution in [-0.2, 0) is 9.59 Å². The van der Waals surface area contributed by atoms with Crippen molar-refractivity contribution < 1.29 is 9.59 Å². The number of carbonyl (C=O) groups is 2. The molecule has 1 fully saturated rings. The summed E-state index contributed by atoms with van der Waals surface area (Å²) in [4.78, 5) is 23.3. The Morgan fingerprint density at radius 3 is 2.43 bits per heavy atom. The number of rotatable bonds is 2. The molecule has 0 aromatic carbocycles. The number of nitrogens with two attached hydrogens (primary N) is 1. The normalized spacial score (nSPS) is 17.5. The van der Waals surface area contributed by atoms with Crippen molar-refractivity contribution in [3.8, 4) is 6.07 Å². The number of likely N-dealkylation sites (tertiary alicyclic amines) is 1. The van der Waals surface area contributed by atoms with Gasteiger partial charge >= 0.3 is 0 Å². The molecule has 5 heteroatoms. The van der Waals surface area contributed by atoms with Crippen LogP contribution in [0, 0.1) is 23.7 Å². The quantitative estimate of drug-likeness (QED) is 0.597. The fourth-order valence-electron chi connectivity index (χ4n) is 1.44. The van der Waals surface area contributed by atoms with E-state index in [2.05, 4.69) is 6.07 Å². The predicted molar refractivity (Wildman–Crippen MR) is 48.4 cm³/mol. The largest absolute Gasteiger partial charge is 0.369 e.